The fourth-order valence-corrected chi connectivity index (χ4v) is 2.46. The SMILES string of the molecule is NCc1cccc(OCCN2CCCC2C(N)=O)c1. The Morgan fingerprint density at radius 1 is 1.47 bits per heavy atom. The number of hydrogen-bond donors (Lipinski definition) is 2. The average molecular weight is 263 g/mol. The quantitative estimate of drug-likeness (QED) is 0.782. The Bertz CT molecular complexity index is 436. The van der Waals surface area contributed by atoms with E-state index in [-0.39, 0.29) is 11.9 Å². The largest absolute Gasteiger partial charge is 0.492 e. The summed E-state index contributed by atoms with van der Waals surface area (Å²) in [5.74, 6) is 0.584. The molecule has 5 heteroatoms. The predicted molar refractivity (Wildman–Crippen MR) is 73.6 cm³/mol. The summed E-state index contributed by atoms with van der Waals surface area (Å²) in [6, 6.07) is 7.62. The summed E-state index contributed by atoms with van der Waals surface area (Å²) in [6.45, 7) is 2.70. The Hall–Kier alpha value is -1.59. The van der Waals surface area contributed by atoms with Crippen molar-refractivity contribution in [3.63, 3.8) is 0 Å². The first-order valence-corrected chi connectivity index (χ1v) is 6.66. The third-order valence-electron chi connectivity index (χ3n) is 3.47. The summed E-state index contributed by atoms with van der Waals surface area (Å²) < 4.78 is 5.69. The number of rotatable bonds is 6. The minimum atomic E-state index is -0.234. The van der Waals surface area contributed by atoms with Gasteiger partial charge in [-0.1, -0.05) is 12.1 Å². The van der Waals surface area contributed by atoms with E-state index in [4.69, 9.17) is 16.2 Å². The highest BCUT2D eigenvalue weighted by Crippen LogP contribution is 2.17. The fourth-order valence-electron chi connectivity index (χ4n) is 2.46. The first-order chi connectivity index (χ1) is 9.20. The number of carbonyl (C=O) groups excluding carboxylic acids is 1. The molecular weight excluding hydrogens is 242 g/mol. The zero-order chi connectivity index (χ0) is 13.7. The lowest BCUT2D eigenvalue weighted by Gasteiger charge is -2.21. The second-order valence-electron chi connectivity index (χ2n) is 4.80. The molecule has 1 heterocycles. The maximum Gasteiger partial charge on any atom is 0.234 e. The zero-order valence-corrected chi connectivity index (χ0v) is 11.0. The smallest absolute Gasteiger partial charge is 0.234 e. The number of carbonyl (C=O) groups is 1. The van der Waals surface area contributed by atoms with Crippen molar-refractivity contribution < 1.29 is 9.53 Å². The van der Waals surface area contributed by atoms with Gasteiger partial charge in [-0.3, -0.25) is 9.69 Å². The third-order valence-corrected chi connectivity index (χ3v) is 3.47. The molecule has 0 saturated carbocycles. The summed E-state index contributed by atoms with van der Waals surface area (Å²) in [5.41, 5.74) is 12.0. The van der Waals surface area contributed by atoms with Gasteiger partial charge in [0.1, 0.15) is 12.4 Å². The van der Waals surface area contributed by atoms with Gasteiger partial charge in [0.2, 0.25) is 5.91 Å². The molecule has 104 valence electrons. The molecule has 0 radical (unpaired) electrons. The Morgan fingerprint density at radius 2 is 2.32 bits per heavy atom. The first-order valence-electron chi connectivity index (χ1n) is 6.66. The van der Waals surface area contributed by atoms with Crippen molar-refractivity contribution in [2.24, 2.45) is 11.5 Å². The standard InChI is InChI=1S/C14H21N3O2/c15-10-11-3-1-4-12(9-11)19-8-7-17-6-2-5-13(17)14(16)18/h1,3-4,9,13H,2,5-8,10,15H2,(H2,16,18). The predicted octanol–water partition coefficient (Wildman–Crippen LogP) is 0.474. The van der Waals surface area contributed by atoms with Crippen LogP contribution in [0.3, 0.4) is 0 Å². The Labute approximate surface area is 113 Å². The van der Waals surface area contributed by atoms with E-state index in [1.54, 1.807) is 0 Å². The van der Waals surface area contributed by atoms with Crippen LogP contribution in [0.5, 0.6) is 5.75 Å². The van der Waals surface area contributed by atoms with E-state index < -0.39 is 0 Å². The molecule has 1 aliphatic heterocycles. The van der Waals surface area contributed by atoms with Gasteiger partial charge in [-0.25, -0.2) is 0 Å². The fraction of sp³-hybridized carbons (Fsp3) is 0.500. The number of primary amides is 1. The summed E-state index contributed by atoms with van der Waals surface area (Å²) in [5, 5.41) is 0. The Balaban J connectivity index is 1.81. The van der Waals surface area contributed by atoms with E-state index >= 15 is 0 Å². The lowest BCUT2D eigenvalue weighted by atomic mass is 10.2. The molecule has 1 unspecified atom stereocenters. The highest BCUT2D eigenvalue weighted by atomic mass is 16.5. The minimum absolute atomic E-state index is 0.126. The molecule has 1 saturated heterocycles. The molecule has 19 heavy (non-hydrogen) atoms. The van der Waals surface area contributed by atoms with E-state index in [0.717, 1.165) is 37.2 Å². The van der Waals surface area contributed by atoms with Gasteiger partial charge < -0.3 is 16.2 Å². The van der Waals surface area contributed by atoms with Crippen molar-refractivity contribution in [1.29, 1.82) is 0 Å². The average Bonchev–Trinajstić information content (AvgIpc) is 2.87. The van der Waals surface area contributed by atoms with Crippen molar-refractivity contribution in [2.75, 3.05) is 19.7 Å². The maximum atomic E-state index is 11.3. The van der Waals surface area contributed by atoms with Gasteiger partial charge in [-0.05, 0) is 37.1 Å². The monoisotopic (exact) mass is 263 g/mol. The van der Waals surface area contributed by atoms with Crippen LogP contribution in [0.1, 0.15) is 18.4 Å². The summed E-state index contributed by atoms with van der Waals surface area (Å²) in [7, 11) is 0. The van der Waals surface area contributed by atoms with Crippen molar-refractivity contribution in [3.8, 4) is 5.75 Å². The minimum Gasteiger partial charge on any atom is -0.492 e. The molecule has 1 amide bonds. The molecule has 0 aliphatic carbocycles. The molecule has 4 N–H and O–H groups in total. The topological polar surface area (TPSA) is 81.6 Å². The Morgan fingerprint density at radius 3 is 3.05 bits per heavy atom. The number of benzene rings is 1. The van der Waals surface area contributed by atoms with Crippen LogP contribution in [0.15, 0.2) is 24.3 Å². The normalized spacial score (nSPS) is 19.5. The van der Waals surface area contributed by atoms with Crippen LogP contribution >= 0.6 is 0 Å². The summed E-state index contributed by atoms with van der Waals surface area (Å²) >= 11 is 0. The number of nitrogens with zero attached hydrogens (tertiary/aromatic N) is 1. The van der Waals surface area contributed by atoms with Crippen LogP contribution < -0.4 is 16.2 Å². The number of hydrogen-bond acceptors (Lipinski definition) is 4. The van der Waals surface area contributed by atoms with Crippen LogP contribution in [0.4, 0.5) is 0 Å². The van der Waals surface area contributed by atoms with E-state index in [1.165, 1.54) is 0 Å². The molecule has 1 aliphatic rings. The molecule has 2 rings (SSSR count). The van der Waals surface area contributed by atoms with Crippen LogP contribution in [0.25, 0.3) is 0 Å². The van der Waals surface area contributed by atoms with E-state index in [1.807, 2.05) is 24.3 Å². The lowest BCUT2D eigenvalue weighted by molar-refractivity contribution is -0.122. The van der Waals surface area contributed by atoms with Gasteiger partial charge in [0.05, 0.1) is 6.04 Å². The van der Waals surface area contributed by atoms with Crippen LogP contribution in [-0.4, -0.2) is 36.5 Å². The van der Waals surface area contributed by atoms with Gasteiger partial charge in [0.25, 0.3) is 0 Å². The zero-order valence-electron chi connectivity index (χ0n) is 11.0. The second kappa shape index (κ2) is 6.54. The Kier molecular flexibility index (Phi) is 4.76. The van der Waals surface area contributed by atoms with Crippen LogP contribution in [-0.2, 0) is 11.3 Å². The summed E-state index contributed by atoms with van der Waals surface area (Å²) in [6.07, 6.45) is 1.88. The molecular formula is C14H21N3O2. The summed E-state index contributed by atoms with van der Waals surface area (Å²) in [4.78, 5) is 13.3. The van der Waals surface area contributed by atoms with Crippen molar-refractivity contribution >= 4 is 5.91 Å². The van der Waals surface area contributed by atoms with E-state index in [0.29, 0.717) is 13.2 Å². The highest BCUT2D eigenvalue weighted by Gasteiger charge is 2.28. The molecule has 0 aromatic heterocycles. The second-order valence-corrected chi connectivity index (χ2v) is 4.80. The van der Waals surface area contributed by atoms with Crippen molar-refractivity contribution in [1.82, 2.24) is 4.90 Å². The molecule has 5 nitrogen and oxygen atoms in total. The van der Waals surface area contributed by atoms with E-state index in [2.05, 4.69) is 4.90 Å². The van der Waals surface area contributed by atoms with Crippen LogP contribution in [0.2, 0.25) is 0 Å². The molecule has 0 bridgehead atoms. The number of ether oxygens (including phenoxy) is 1. The van der Waals surface area contributed by atoms with Crippen molar-refractivity contribution in [2.45, 2.75) is 25.4 Å². The van der Waals surface area contributed by atoms with Gasteiger partial charge in [-0.2, -0.15) is 0 Å². The molecule has 1 atom stereocenters. The van der Waals surface area contributed by atoms with Gasteiger partial charge in [0.15, 0.2) is 0 Å². The molecule has 0 spiro atoms. The molecule has 1 aromatic carbocycles. The van der Waals surface area contributed by atoms with Crippen molar-refractivity contribution in [3.05, 3.63) is 29.8 Å². The maximum absolute atomic E-state index is 11.3. The third kappa shape index (κ3) is 3.68. The van der Waals surface area contributed by atoms with E-state index in [9.17, 15) is 4.79 Å². The van der Waals surface area contributed by atoms with Gasteiger partial charge in [0, 0.05) is 13.1 Å². The van der Waals surface area contributed by atoms with Gasteiger partial charge in [-0.15, -0.1) is 0 Å². The molecule has 1 aromatic rings. The number of nitrogens with two attached hydrogens (primary N) is 2. The van der Waals surface area contributed by atoms with Crippen LogP contribution in [0, 0.1) is 0 Å². The number of likely N-dealkylation sites (tertiary alicyclic amines) is 1. The molecule has 1 fully saturated rings. The lowest BCUT2D eigenvalue weighted by Crippen LogP contribution is -2.42. The first kappa shape index (κ1) is 13.8. The van der Waals surface area contributed by atoms with Gasteiger partial charge >= 0.3 is 0 Å². The number of amides is 1. The highest BCUT2D eigenvalue weighted by molar-refractivity contribution is 5.80.